The quantitative estimate of drug-likeness (QED) is 0.912. The van der Waals surface area contributed by atoms with Gasteiger partial charge in [0.15, 0.2) is 6.61 Å². The van der Waals surface area contributed by atoms with Crippen molar-refractivity contribution >= 4 is 27.8 Å². The summed E-state index contributed by atoms with van der Waals surface area (Å²) in [5.74, 6) is -0.656. The van der Waals surface area contributed by atoms with E-state index in [4.69, 9.17) is 9.84 Å². The van der Waals surface area contributed by atoms with Crippen molar-refractivity contribution in [2.75, 3.05) is 13.2 Å². The molecule has 108 valence electrons. The van der Waals surface area contributed by atoms with E-state index < -0.39 is 12.0 Å². The molecule has 20 heavy (non-hydrogen) atoms. The summed E-state index contributed by atoms with van der Waals surface area (Å²) in [6.07, 6.45) is 2.19. The van der Waals surface area contributed by atoms with Gasteiger partial charge in [-0.1, -0.05) is 12.1 Å². The molecule has 1 heterocycles. The van der Waals surface area contributed by atoms with Crippen LogP contribution in [0.25, 0.3) is 0 Å². The van der Waals surface area contributed by atoms with E-state index in [1.165, 1.54) is 4.90 Å². The summed E-state index contributed by atoms with van der Waals surface area (Å²) in [4.78, 5) is 24.7. The Morgan fingerprint density at radius 1 is 1.35 bits per heavy atom. The first-order valence-electron chi connectivity index (χ1n) is 6.49. The maximum Gasteiger partial charge on any atom is 0.326 e. The van der Waals surface area contributed by atoms with Crippen molar-refractivity contribution in [1.29, 1.82) is 0 Å². The molecule has 5 nitrogen and oxygen atoms in total. The van der Waals surface area contributed by atoms with E-state index in [9.17, 15) is 9.59 Å². The van der Waals surface area contributed by atoms with Gasteiger partial charge in [0.05, 0.1) is 4.47 Å². The van der Waals surface area contributed by atoms with Gasteiger partial charge in [-0.05, 0) is 47.3 Å². The van der Waals surface area contributed by atoms with E-state index >= 15 is 0 Å². The van der Waals surface area contributed by atoms with Crippen LogP contribution in [0.5, 0.6) is 5.75 Å². The van der Waals surface area contributed by atoms with E-state index in [1.807, 2.05) is 18.2 Å². The Kier molecular flexibility index (Phi) is 5.00. The van der Waals surface area contributed by atoms with Crippen molar-refractivity contribution in [2.24, 2.45) is 0 Å². The molecule has 0 aromatic heterocycles. The number of aliphatic carboxylic acids is 1. The van der Waals surface area contributed by atoms with Crippen LogP contribution in [0, 0.1) is 0 Å². The molecule has 1 aliphatic rings. The predicted octanol–water partition coefficient (Wildman–Crippen LogP) is 2.29. The lowest BCUT2D eigenvalue weighted by molar-refractivity contribution is -0.152. The second kappa shape index (κ2) is 6.74. The van der Waals surface area contributed by atoms with Crippen LogP contribution in [-0.4, -0.2) is 41.1 Å². The summed E-state index contributed by atoms with van der Waals surface area (Å²) in [5, 5.41) is 9.14. The van der Waals surface area contributed by atoms with Gasteiger partial charge in [0, 0.05) is 6.54 Å². The fraction of sp³-hybridized carbons (Fsp3) is 0.429. The smallest absolute Gasteiger partial charge is 0.326 e. The topological polar surface area (TPSA) is 66.8 Å². The van der Waals surface area contributed by atoms with Crippen molar-refractivity contribution in [2.45, 2.75) is 25.3 Å². The van der Waals surface area contributed by atoms with E-state index in [-0.39, 0.29) is 12.5 Å². The number of hydrogen-bond acceptors (Lipinski definition) is 3. The van der Waals surface area contributed by atoms with Gasteiger partial charge in [0.2, 0.25) is 0 Å². The normalized spacial score (nSPS) is 18.6. The maximum atomic E-state index is 12.1. The fourth-order valence-corrected chi connectivity index (χ4v) is 2.67. The van der Waals surface area contributed by atoms with Crippen molar-refractivity contribution in [3.05, 3.63) is 28.7 Å². The van der Waals surface area contributed by atoms with Crippen LogP contribution < -0.4 is 4.74 Å². The van der Waals surface area contributed by atoms with Crippen LogP contribution in [0.15, 0.2) is 28.7 Å². The zero-order valence-corrected chi connectivity index (χ0v) is 12.5. The van der Waals surface area contributed by atoms with Gasteiger partial charge in [-0.2, -0.15) is 0 Å². The Labute approximate surface area is 125 Å². The number of carboxylic acids is 1. The number of likely N-dealkylation sites (tertiary alicyclic amines) is 1. The second-order valence-electron chi connectivity index (χ2n) is 4.66. The summed E-state index contributed by atoms with van der Waals surface area (Å²) >= 11 is 3.33. The minimum Gasteiger partial charge on any atom is -0.483 e. The van der Waals surface area contributed by atoms with E-state index in [2.05, 4.69) is 15.9 Å². The number of ether oxygens (including phenoxy) is 1. The third-order valence-corrected chi connectivity index (χ3v) is 3.95. The number of carbonyl (C=O) groups is 2. The number of piperidine rings is 1. The number of benzene rings is 1. The molecule has 0 spiro atoms. The average Bonchev–Trinajstić information content (AvgIpc) is 2.46. The molecule has 0 aliphatic carbocycles. The lowest BCUT2D eigenvalue weighted by Gasteiger charge is -2.32. The summed E-state index contributed by atoms with van der Waals surface area (Å²) in [6.45, 7) is 0.335. The molecule has 1 aromatic rings. The minimum atomic E-state index is -0.945. The number of amides is 1. The van der Waals surface area contributed by atoms with Crippen molar-refractivity contribution in [1.82, 2.24) is 4.90 Å². The molecule has 1 atom stereocenters. The Balaban J connectivity index is 1.97. The standard InChI is InChI=1S/C14H16BrNO4/c15-10-5-1-2-7-12(10)20-9-13(17)16-8-4-3-6-11(16)14(18)19/h1-2,5,7,11H,3-4,6,8-9H2,(H,18,19). The van der Waals surface area contributed by atoms with Crippen LogP contribution >= 0.6 is 15.9 Å². The summed E-state index contributed by atoms with van der Waals surface area (Å²) in [6, 6.07) is 6.51. The van der Waals surface area contributed by atoms with Gasteiger partial charge in [-0.25, -0.2) is 4.79 Å². The molecule has 1 aliphatic heterocycles. The first-order valence-corrected chi connectivity index (χ1v) is 7.28. The number of hydrogen-bond donors (Lipinski definition) is 1. The molecule has 0 bridgehead atoms. The summed E-state index contributed by atoms with van der Waals surface area (Å²) < 4.78 is 6.21. The molecular weight excluding hydrogens is 326 g/mol. The van der Waals surface area contributed by atoms with Gasteiger partial charge in [-0.3, -0.25) is 4.79 Å². The van der Waals surface area contributed by atoms with Crippen LogP contribution in [0.1, 0.15) is 19.3 Å². The lowest BCUT2D eigenvalue weighted by atomic mass is 10.0. The highest BCUT2D eigenvalue weighted by Gasteiger charge is 2.31. The van der Waals surface area contributed by atoms with E-state index in [1.54, 1.807) is 6.07 Å². The zero-order valence-electron chi connectivity index (χ0n) is 10.9. The molecule has 1 fully saturated rings. The number of carboxylic acid groups (broad SMARTS) is 1. The first-order chi connectivity index (χ1) is 9.59. The summed E-state index contributed by atoms with van der Waals surface area (Å²) in [5.41, 5.74) is 0. The maximum absolute atomic E-state index is 12.1. The number of nitrogens with zero attached hydrogens (tertiary/aromatic N) is 1. The third kappa shape index (κ3) is 3.50. The molecule has 2 rings (SSSR count). The molecule has 0 saturated carbocycles. The highest BCUT2D eigenvalue weighted by Crippen LogP contribution is 2.24. The number of rotatable bonds is 4. The monoisotopic (exact) mass is 341 g/mol. The summed E-state index contributed by atoms with van der Waals surface area (Å²) in [7, 11) is 0. The zero-order chi connectivity index (χ0) is 14.5. The first kappa shape index (κ1) is 14.8. The Morgan fingerprint density at radius 3 is 2.80 bits per heavy atom. The molecule has 1 saturated heterocycles. The molecular formula is C14H16BrNO4. The average molecular weight is 342 g/mol. The Morgan fingerprint density at radius 2 is 2.10 bits per heavy atom. The molecule has 1 aromatic carbocycles. The Hall–Kier alpha value is -1.56. The van der Waals surface area contributed by atoms with Gasteiger partial charge in [0.25, 0.3) is 5.91 Å². The highest BCUT2D eigenvalue weighted by molar-refractivity contribution is 9.10. The largest absolute Gasteiger partial charge is 0.483 e. The number of para-hydroxylation sites is 1. The van der Waals surface area contributed by atoms with Gasteiger partial charge in [0.1, 0.15) is 11.8 Å². The molecule has 1 N–H and O–H groups in total. The fourth-order valence-electron chi connectivity index (χ4n) is 2.27. The van der Waals surface area contributed by atoms with Gasteiger partial charge in [-0.15, -0.1) is 0 Å². The van der Waals surface area contributed by atoms with Crippen molar-refractivity contribution < 1.29 is 19.4 Å². The second-order valence-corrected chi connectivity index (χ2v) is 5.51. The number of carbonyl (C=O) groups excluding carboxylic acids is 1. The van der Waals surface area contributed by atoms with E-state index in [0.29, 0.717) is 18.7 Å². The van der Waals surface area contributed by atoms with Gasteiger partial charge >= 0.3 is 5.97 Å². The van der Waals surface area contributed by atoms with Crippen LogP contribution in [0.2, 0.25) is 0 Å². The molecule has 6 heteroatoms. The SMILES string of the molecule is O=C(O)C1CCCCN1C(=O)COc1ccccc1Br. The lowest BCUT2D eigenvalue weighted by Crippen LogP contribution is -2.49. The van der Waals surface area contributed by atoms with Crippen LogP contribution in [-0.2, 0) is 9.59 Å². The predicted molar refractivity (Wildman–Crippen MR) is 76.6 cm³/mol. The highest BCUT2D eigenvalue weighted by atomic mass is 79.9. The van der Waals surface area contributed by atoms with E-state index in [0.717, 1.165) is 17.3 Å². The van der Waals surface area contributed by atoms with Crippen LogP contribution in [0.3, 0.4) is 0 Å². The molecule has 1 amide bonds. The molecule has 1 unspecified atom stereocenters. The number of halogens is 1. The minimum absolute atomic E-state index is 0.146. The van der Waals surface area contributed by atoms with Gasteiger partial charge < -0.3 is 14.7 Å². The Bertz CT molecular complexity index is 506. The van der Waals surface area contributed by atoms with Crippen LogP contribution in [0.4, 0.5) is 0 Å². The third-order valence-electron chi connectivity index (χ3n) is 3.30. The van der Waals surface area contributed by atoms with Crippen molar-refractivity contribution in [3.8, 4) is 5.75 Å². The van der Waals surface area contributed by atoms with Crippen molar-refractivity contribution in [3.63, 3.8) is 0 Å². The molecule has 0 radical (unpaired) electrons.